The molecular formula is C12H19N5O2. The second-order valence-electron chi connectivity index (χ2n) is 4.79. The van der Waals surface area contributed by atoms with Crippen LogP contribution in [0.3, 0.4) is 0 Å². The highest BCUT2D eigenvalue weighted by Gasteiger charge is 2.19. The van der Waals surface area contributed by atoms with E-state index in [0.717, 1.165) is 37.8 Å². The van der Waals surface area contributed by atoms with Crippen LogP contribution in [-0.2, 0) is 4.79 Å². The Labute approximate surface area is 112 Å². The van der Waals surface area contributed by atoms with E-state index in [0.29, 0.717) is 0 Å². The van der Waals surface area contributed by atoms with Crippen molar-refractivity contribution in [3.05, 3.63) is 12.4 Å². The van der Waals surface area contributed by atoms with Crippen LogP contribution in [0.15, 0.2) is 12.4 Å². The Morgan fingerprint density at radius 3 is 2.58 bits per heavy atom. The van der Waals surface area contributed by atoms with Gasteiger partial charge in [0, 0.05) is 46.3 Å². The van der Waals surface area contributed by atoms with E-state index in [9.17, 15) is 4.79 Å². The average molecular weight is 265 g/mol. The first-order valence-corrected chi connectivity index (χ1v) is 6.25. The summed E-state index contributed by atoms with van der Waals surface area (Å²) in [5, 5.41) is 8.76. The molecule has 0 atom stereocenters. The van der Waals surface area contributed by atoms with Gasteiger partial charge >= 0.3 is 5.97 Å². The van der Waals surface area contributed by atoms with Gasteiger partial charge in [0.05, 0.1) is 6.54 Å². The number of carboxylic acid groups (broad SMARTS) is 1. The maximum absolute atomic E-state index is 10.7. The van der Waals surface area contributed by atoms with Crippen LogP contribution in [0, 0.1) is 0 Å². The molecule has 0 amide bonds. The SMILES string of the molecule is CN(C)c1cc(N2CCN(CC(=O)O)CC2)ncn1. The topological polar surface area (TPSA) is 72.8 Å². The van der Waals surface area contributed by atoms with Gasteiger partial charge in [0.1, 0.15) is 18.0 Å². The van der Waals surface area contributed by atoms with Crippen molar-refractivity contribution in [3.63, 3.8) is 0 Å². The first kappa shape index (κ1) is 13.5. The van der Waals surface area contributed by atoms with Crippen LogP contribution in [0.2, 0.25) is 0 Å². The minimum absolute atomic E-state index is 0.112. The zero-order valence-corrected chi connectivity index (χ0v) is 11.3. The van der Waals surface area contributed by atoms with Gasteiger partial charge in [0.2, 0.25) is 0 Å². The molecule has 0 aliphatic carbocycles. The van der Waals surface area contributed by atoms with Crippen molar-refractivity contribution < 1.29 is 9.90 Å². The van der Waals surface area contributed by atoms with Crippen LogP contribution in [0.1, 0.15) is 0 Å². The first-order valence-electron chi connectivity index (χ1n) is 6.25. The maximum atomic E-state index is 10.7. The molecule has 0 unspecified atom stereocenters. The van der Waals surface area contributed by atoms with E-state index in [1.165, 1.54) is 0 Å². The van der Waals surface area contributed by atoms with Crippen LogP contribution in [0.25, 0.3) is 0 Å². The number of hydrogen-bond acceptors (Lipinski definition) is 6. The number of carboxylic acids is 1. The summed E-state index contributed by atoms with van der Waals surface area (Å²) in [6.45, 7) is 3.18. The summed E-state index contributed by atoms with van der Waals surface area (Å²) < 4.78 is 0. The number of nitrogens with zero attached hydrogens (tertiary/aromatic N) is 5. The Kier molecular flexibility index (Phi) is 4.16. The number of rotatable bonds is 4. The quantitative estimate of drug-likeness (QED) is 0.804. The summed E-state index contributed by atoms with van der Waals surface area (Å²) >= 11 is 0. The number of carbonyl (C=O) groups is 1. The van der Waals surface area contributed by atoms with Gasteiger partial charge < -0.3 is 14.9 Å². The zero-order valence-electron chi connectivity index (χ0n) is 11.3. The molecule has 1 aliphatic rings. The van der Waals surface area contributed by atoms with E-state index in [2.05, 4.69) is 14.9 Å². The van der Waals surface area contributed by atoms with Gasteiger partial charge in [-0.15, -0.1) is 0 Å². The van der Waals surface area contributed by atoms with Gasteiger partial charge in [-0.3, -0.25) is 9.69 Å². The van der Waals surface area contributed by atoms with E-state index in [1.807, 2.05) is 30.0 Å². The van der Waals surface area contributed by atoms with Crippen molar-refractivity contribution >= 4 is 17.6 Å². The molecule has 0 bridgehead atoms. The molecule has 0 spiro atoms. The summed E-state index contributed by atoms with van der Waals surface area (Å²) in [5.74, 6) is 0.997. The van der Waals surface area contributed by atoms with Gasteiger partial charge in [-0.05, 0) is 0 Å². The van der Waals surface area contributed by atoms with Crippen molar-refractivity contribution in [2.24, 2.45) is 0 Å². The van der Waals surface area contributed by atoms with Gasteiger partial charge in [-0.1, -0.05) is 0 Å². The summed E-state index contributed by atoms with van der Waals surface area (Å²) in [5.41, 5.74) is 0. The summed E-state index contributed by atoms with van der Waals surface area (Å²) in [7, 11) is 3.88. The fourth-order valence-electron chi connectivity index (χ4n) is 2.08. The van der Waals surface area contributed by atoms with Crippen LogP contribution in [0.4, 0.5) is 11.6 Å². The highest BCUT2D eigenvalue weighted by atomic mass is 16.4. The molecule has 7 heteroatoms. The average Bonchev–Trinajstić information content (AvgIpc) is 2.39. The number of aliphatic carboxylic acids is 1. The van der Waals surface area contributed by atoms with Crippen LogP contribution < -0.4 is 9.80 Å². The van der Waals surface area contributed by atoms with Crippen molar-refractivity contribution in [1.29, 1.82) is 0 Å². The van der Waals surface area contributed by atoms with Crippen LogP contribution in [0.5, 0.6) is 0 Å². The van der Waals surface area contributed by atoms with E-state index >= 15 is 0 Å². The minimum Gasteiger partial charge on any atom is -0.480 e. The van der Waals surface area contributed by atoms with E-state index in [1.54, 1.807) is 6.33 Å². The maximum Gasteiger partial charge on any atom is 0.317 e. The molecule has 7 nitrogen and oxygen atoms in total. The van der Waals surface area contributed by atoms with Crippen molar-refractivity contribution in [3.8, 4) is 0 Å². The molecule has 2 rings (SSSR count). The van der Waals surface area contributed by atoms with Gasteiger partial charge in [0.15, 0.2) is 0 Å². The fraction of sp³-hybridized carbons (Fsp3) is 0.583. The third-order valence-electron chi connectivity index (χ3n) is 3.15. The third-order valence-corrected chi connectivity index (χ3v) is 3.15. The molecule has 0 aromatic carbocycles. The number of aromatic nitrogens is 2. The standard InChI is InChI=1S/C12H19N5O2/c1-15(2)10-7-11(14-9-13-10)17-5-3-16(4-6-17)8-12(18)19/h7,9H,3-6,8H2,1-2H3,(H,18,19). The third kappa shape index (κ3) is 3.54. The lowest BCUT2D eigenvalue weighted by molar-refractivity contribution is -0.138. The molecule has 1 aromatic rings. The molecule has 1 aliphatic heterocycles. The number of piperazine rings is 1. The minimum atomic E-state index is -0.773. The normalized spacial score (nSPS) is 16.4. The Bertz CT molecular complexity index is 444. The lowest BCUT2D eigenvalue weighted by atomic mass is 10.3. The van der Waals surface area contributed by atoms with E-state index in [4.69, 9.17) is 5.11 Å². The van der Waals surface area contributed by atoms with Crippen molar-refractivity contribution in [1.82, 2.24) is 14.9 Å². The van der Waals surface area contributed by atoms with Crippen LogP contribution >= 0.6 is 0 Å². The smallest absolute Gasteiger partial charge is 0.317 e. The van der Waals surface area contributed by atoms with Gasteiger partial charge in [-0.25, -0.2) is 9.97 Å². The van der Waals surface area contributed by atoms with Gasteiger partial charge in [-0.2, -0.15) is 0 Å². The second kappa shape index (κ2) is 5.83. The molecule has 0 saturated carbocycles. The summed E-state index contributed by atoms with van der Waals surface area (Å²) in [6.07, 6.45) is 1.56. The van der Waals surface area contributed by atoms with Gasteiger partial charge in [0.25, 0.3) is 0 Å². The molecule has 1 N–H and O–H groups in total. The predicted octanol–water partition coefficient (Wildman–Crippen LogP) is -0.251. The Morgan fingerprint density at radius 1 is 1.32 bits per heavy atom. The zero-order chi connectivity index (χ0) is 13.8. The molecule has 2 heterocycles. The summed E-state index contributed by atoms with van der Waals surface area (Å²) in [4.78, 5) is 25.2. The molecule has 1 saturated heterocycles. The monoisotopic (exact) mass is 265 g/mol. The number of hydrogen-bond donors (Lipinski definition) is 1. The van der Waals surface area contributed by atoms with E-state index < -0.39 is 5.97 Å². The molecule has 1 fully saturated rings. The fourth-order valence-corrected chi connectivity index (χ4v) is 2.08. The first-order chi connectivity index (χ1) is 9.06. The van der Waals surface area contributed by atoms with Crippen molar-refractivity contribution in [2.45, 2.75) is 0 Å². The lowest BCUT2D eigenvalue weighted by Gasteiger charge is -2.34. The Balaban J connectivity index is 1.97. The Morgan fingerprint density at radius 2 is 2.00 bits per heavy atom. The number of anilines is 2. The predicted molar refractivity (Wildman–Crippen MR) is 72.6 cm³/mol. The molecule has 19 heavy (non-hydrogen) atoms. The van der Waals surface area contributed by atoms with Crippen molar-refractivity contribution in [2.75, 3.05) is 56.6 Å². The Hall–Kier alpha value is -1.89. The van der Waals surface area contributed by atoms with E-state index in [-0.39, 0.29) is 6.54 Å². The highest BCUT2D eigenvalue weighted by Crippen LogP contribution is 2.17. The molecular weight excluding hydrogens is 246 g/mol. The highest BCUT2D eigenvalue weighted by molar-refractivity contribution is 5.69. The molecule has 1 aromatic heterocycles. The molecule has 104 valence electrons. The molecule has 0 radical (unpaired) electrons. The van der Waals surface area contributed by atoms with Crippen LogP contribution in [-0.4, -0.2) is 72.8 Å². The summed E-state index contributed by atoms with van der Waals surface area (Å²) in [6, 6.07) is 1.95. The largest absolute Gasteiger partial charge is 0.480 e. The lowest BCUT2D eigenvalue weighted by Crippen LogP contribution is -2.48. The second-order valence-corrected chi connectivity index (χ2v) is 4.79.